The zero-order chi connectivity index (χ0) is 15.4. The number of hydrogen-bond donors (Lipinski definition) is 2. The van der Waals surface area contributed by atoms with Crippen LogP contribution in [0.15, 0.2) is 18.2 Å². The van der Waals surface area contributed by atoms with Crippen LogP contribution in [0.1, 0.15) is 30.9 Å². The molecular weight excluding hydrogens is 262 g/mol. The maximum atomic E-state index is 12.4. The summed E-state index contributed by atoms with van der Waals surface area (Å²) in [5.74, 6) is 0.603. The molecular formula is C17H27N3O. The molecule has 0 spiro atoms. The van der Waals surface area contributed by atoms with Gasteiger partial charge in [-0.25, -0.2) is 0 Å². The Morgan fingerprint density at radius 2 is 2.10 bits per heavy atom. The summed E-state index contributed by atoms with van der Waals surface area (Å²) in [7, 11) is 0. The number of carbonyl (C=O) groups excluding carboxylic acids is 1. The molecule has 0 radical (unpaired) electrons. The van der Waals surface area contributed by atoms with E-state index in [0.717, 1.165) is 31.6 Å². The first-order valence-electron chi connectivity index (χ1n) is 7.82. The number of rotatable bonds is 4. The van der Waals surface area contributed by atoms with Crippen molar-refractivity contribution in [2.45, 2.75) is 39.7 Å². The van der Waals surface area contributed by atoms with Crippen molar-refractivity contribution in [2.24, 2.45) is 11.7 Å². The van der Waals surface area contributed by atoms with Crippen molar-refractivity contribution in [2.75, 3.05) is 25.0 Å². The number of para-hydroxylation sites is 1. The van der Waals surface area contributed by atoms with Crippen molar-refractivity contribution >= 4 is 11.6 Å². The van der Waals surface area contributed by atoms with Crippen LogP contribution in [0.3, 0.4) is 0 Å². The highest BCUT2D eigenvalue weighted by Crippen LogP contribution is 2.21. The van der Waals surface area contributed by atoms with Crippen molar-refractivity contribution in [3.8, 4) is 0 Å². The minimum absolute atomic E-state index is 0.159. The van der Waals surface area contributed by atoms with Gasteiger partial charge < -0.3 is 16.0 Å². The molecule has 1 aliphatic heterocycles. The van der Waals surface area contributed by atoms with E-state index in [2.05, 4.69) is 31.3 Å². The summed E-state index contributed by atoms with van der Waals surface area (Å²) < 4.78 is 0. The van der Waals surface area contributed by atoms with E-state index in [-0.39, 0.29) is 11.9 Å². The van der Waals surface area contributed by atoms with Crippen LogP contribution in [0.4, 0.5) is 5.69 Å². The summed E-state index contributed by atoms with van der Waals surface area (Å²) in [6.07, 6.45) is 2.19. The van der Waals surface area contributed by atoms with E-state index in [1.807, 2.05) is 17.9 Å². The molecule has 1 saturated heterocycles. The standard InChI is InChI=1S/C17H27N3O/c1-12-6-4-7-13(2)17(12)19-10-16(21)20-9-5-8-15(11-20)14(3)18/h4,6-7,14-15,19H,5,8-11,18H2,1-3H3. The molecule has 4 nitrogen and oxygen atoms in total. The molecule has 1 aromatic carbocycles. The first-order chi connectivity index (χ1) is 9.99. The van der Waals surface area contributed by atoms with Crippen molar-refractivity contribution in [1.82, 2.24) is 4.90 Å². The highest BCUT2D eigenvalue weighted by atomic mass is 16.2. The molecule has 0 bridgehead atoms. The Labute approximate surface area is 127 Å². The minimum atomic E-state index is 0.159. The lowest BCUT2D eigenvalue weighted by molar-refractivity contribution is -0.131. The summed E-state index contributed by atoms with van der Waals surface area (Å²) >= 11 is 0. The SMILES string of the molecule is Cc1cccc(C)c1NCC(=O)N1CCCC(C(C)N)C1. The number of nitrogens with one attached hydrogen (secondary N) is 1. The number of benzene rings is 1. The zero-order valence-electron chi connectivity index (χ0n) is 13.4. The van der Waals surface area contributed by atoms with Gasteiger partial charge in [0.1, 0.15) is 0 Å². The molecule has 0 saturated carbocycles. The second-order valence-electron chi connectivity index (χ2n) is 6.22. The Bertz CT molecular complexity index is 479. The van der Waals surface area contributed by atoms with E-state index in [0.29, 0.717) is 12.5 Å². The normalized spacial score (nSPS) is 20.2. The summed E-state index contributed by atoms with van der Waals surface area (Å²) in [5, 5.41) is 3.30. The monoisotopic (exact) mass is 289 g/mol. The molecule has 116 valence electrons. The van der Waals surface area contributed by atoms with Crippen molar-refractivity contribution < 1.29 is 4.79 Å². The number of aryl methyl sites for hydroxylation is 2. The van der Waals surface area contributed by atoms with Crippen molar-refractivity contribution in [3.63, 3.8) is 0 Å². The fraction of sp³-hybridized carbons (Fsp3) is 0.588. The molecule has 2 unspecified atom stereocenters. The van der Waals surface area contributed by atoms with Gasteiger partial charge in [0.2, 0.25) is 5.91 Å². The fourth-order valence-electron chi connectivity index (χ4n) is 3.03. The molecule has 1 heterocycles. The third kappa shape index (κ3) is 3.97. The molecule has 21 heavy (non-hydrogen) atoms. The van der Waals surface area contributed by atoms with Crippen LogP contribution in [0.2, 0.25) is 0 Å². The summed E-state index contributed by atoms with van der Waals surface area (Å²) in [6.45, 7) is 8.17. The van der Waals surface area contributed by atoms with Gasteiger partial charge in [-0.05, 0) is 50.7 Å². The number of nitrogens with two attached hydrogens (primary N) is 1. The van der Waals surface area contributed by atoms with E-state index < -0.39 is 0 Å². The number of amides is 1. The van der Waals surface area contributed by atoms with Gasteiger partial charge in [-0.1, -0.05) is 18.2 Å². The molecule has 0 aliphatic carbocycles. The molecule has 1 aliphatic rings. The Morgan fingerprint density at radius 3 is 2.71 bits per heavy atom. The van der Waals surface area contributed by atoms with E-state index in [1.165, 1.54) is 11.1 Å². The lowest BCUT2D eigenvalue weighted by Crippen LogP contribution is -2.46. The first-order valence-corrected chi connectivity index (χ1v) is 7.82. The number of likely N-dealkylation sites (tertiary alicyclic amines) is 1. The average molecular weight is 289 g/mol. The molecule has 0 aromatic heterocycles. The lowest BCUT2D eigenvalue weighted by Gasteiger charge is -2.34. The number of nitrogens with zero attached hydrogens (tertiary/aromatic N) is 1. The number of hydrogen-bond acceptors (Lipinski definition) is 3. The van der Waals surface area contributed by atoms with Crippen LogP contribution in [-0.2, 0) is 4.79 Å². The van der Waals surface area contributed by atoms with Gasteiger partial charge in [0, 0.05) is 24.8 Å². The molecule has 1 fully saturated rings. The van der Waals surface area contributed by atoms with Crippen LogP contribution >= 0.6 is 0 Å². The van der Waals surface area contributed by atoms with Gasteiger partial charge in [-0.15, -0.1) is 0 Å². The summed E-state index contributed by atoms with van der Waals surface area (Å²) in [5.41, 5.74) is 9.41. The Morgan fingerprint density at radius 1 is 1.43 bits per heavy atom. The maximum Gasteiger partial charge on any atom is 0.241 e. The quantitative estimate of drug-likeness (QED) is 0.894. The molecule has 3 N–H and O–H groups in total. The topological polar surface area (TPSA) is 58.4 Å². The third-order valence-electron chi connectivity index (χ3n) is 4.45. The van der Waals surface area contributed by atoms with Gasteiger partial charge in [0.05, 0.1) is 6.54 Å². The Balaban J connectivity index is 1.93. The molecule has 4 heteroatoms. The fourth-order valence-corrected chi connectivity index (χ4v) is 3.03. The molecule has 1 amide bonds. The Kier molecular flexibility index (Phi) is 5.23. The molecule has 2 atom stereocenters. The van der Waals surface area contributed by atoms with Crippen LogP contribution in [0, 0.1) is 19.8 Å². The summed E-state index contributed by atoms with van der Waals surface area (Å²) in [6, 6.07) is 6.32. The predicted molar refractivity (Wildman–Crippen MR) is 87.4 cm³/mol. The molecule has 2 rings (SSSR count). The predicted octanol–water partition coefficient (Wildman–Crippen LogP) is 2.30. The number of piperidine rings is 1. The molecule has 1 aromatic rings. The number of carbonyl (C=O) groups is 1. The van der Waals surface area contributed by atoms with Crippen LogP contribution in [0.25, 0.3) is 0 Å². The zero-order valence-corrected chi connectivity index (χ0v) is 13.4. The lowest BCUT2D eigenvalue weighted by atomic mass is 9.92. The van der Waals surface area contributed by atoms with Crippen molar-refractivity contribution in [1.29, 1.82) is 0 Å². The van der Waals surface area contributed by atoms with E-state index in [9.17, 15) is 4.79 Å². The number of anilines is 1. The van der Waals surface area contributed by atoms with Crippen LogP contribution < -0.4 is 11.1 Å². The van der Waals surface area contributed by atoms with Crippen molar-refractivity contribution in [3.05, 3.63) is 29.3 Å². The minimum Gasteiger partial charge on any atom is -0.376 e. The Hall–Kier alpha value is -1.55. The van der Waals surface area contributed by atoms with Crippen LogP contribution in [0.5, 0.6) is 0 Å². The van der Waals surface area contributed by atoms with Gasteiger partial charge >= 0.3 is 0 Å². The second kappa shape index (κ2) is 6.94. The van der Waals surface area contributed by atoms with E-state index >= 15 is 0 Å². The smallest absolute Gasteiger partial charge is 0.241 e. The third-order valence-corrected chi connectivity index (χ3v) is 4.45. The largest absolute Gasteiger partial charge is 0.376 e. The maximum absolute atomic E-state index is 12.4. The summed E-state index contributed by atoms with van der Waals surface area (Å²) in [4.78, 5) is 14.3. The van der Waals surface area contributed by atoms with Gasteiger partial charge in [-0.3, -0.25) is 4.79 Å². The van der Waals surface area contributed by atoms with Gasteiger partial charge in [-0.2, -0.15) is 0 Å². The average Bonchev–Trinajstić information content (AvgIpc) is 2.46. The first kappa shape index (κ1) is 15.8. The van der Waals surface area contributed by atoms with E-state index in [1.54, 1.807) is 0 Å². The highest BCUT2D eigenvalue weighted by molar-refractivity contribution is 5.81. The second-order valence-corrected chi connectivity index (χ2v) is 6.22. The highest BCUT2D eigenvalue weighted by Gasteiger charge is 2.25. The van der Waals surface area contributed by atoms with Gasteiger partial charge in [0.25, 0.3) is 0 Å². The van der Waals surface area contributed by atoms with Gasteiger partial charge in [0.15, 0.2) is 0 Å². The van der Waals surface area contributed by atoms with Crippen LogP contribution in [-0.4, -0.2) is 36.5 Å². The van der Waals surface area contributed by atoms with E-state index in [4.69, 9.17) is 5.73 Å².